The summed E-state index contributed by atoms with van der Waals surface area (Å²) in [7, 11) is 0. The molecule has 1 heterocycles. The van der Waals surface area contributed by atoms with Crippen molar-refractivity contribution in [1.29, 1.82) is 0 Å². The van der Waals surface area contributed by atoms with Crippen LogP contribution in [0.3, 0.4) is 0 Å². The van der Waals surface area contributed by atoms with Gasteiger partial charge in [-0.05, 0) is 55.2 Å². The summed E-state index contributed by atoms with van der Waals surface area (Å²) in [4.78, 5) is 44.1. The molecule has 3 rings (SSSR count). The Morgan fingerprint density at radius 3 is 1.78 bits per heavy atom. The molecule has 0 aliphatic heterocycles. The second-order valence-electron chi connectivity index (χ2n) is 8.47. The molecular formula is C25H30N6O5. The first-order valence-corrected chi connectivity index (χ1v) is 11.3. The van der Waals surface area contributed by atoms with E-state index in [0.717, 1.165) is 11.1 Å². The molecule has 0 saturated carbocycles. The number of carbonyl (C=O) groups is 2. The summed E-state index contributed by atoms with van der Waals surface area (Å²) in [6.07, 6.45) is 0.551. The molecule has 2 unspecified atom stereocenters. The normalized spacial score (nSPS) is 12.5. The molecule has 9 N–H and O–H groups in total. The van der Waals surface area contributed by atoms with Crippen LogP contribution >= 0.6 is 0 Å². The van der Waals surface area contributed by atoms with E-state index in [4.69, 9.17) is 11.5 Å². The van der Waals surface area contributed by atoms with Gasteiger partial charge in [-0.3, -0.25) is 14.4 Å². The van der Waals surface area contributed by atoms with Crippen LogP contribution in [0.4, 0.5) is 0 Å². The lowest BCUT2D eigenvalue weighted by atomic mass is 10.1. The van der Waals surface area contributed by atoms with E-state index in [2.05, 4.69) is 20.6 Å². The molecule has 0 aliphatic carbocycles. The Morgan fingerprint density at radius 1 is 0.861 bits per heavy atom. The number of nitrogens with one attached hydrogen (secondary N) is 3. The number of H-pyrrole nitrogens is 1. The zero-order valence-electron chi connectivity index (χ0n) is 19.8. The molecule has 3 aromatic rings. The SMILES string of the molecule is Cc1nc(CNC(=O)C(N)Cc2ccc(O)cc2)c(=O)[nH]c1CNC(=O)C(N)Cc1ccc(O)cc1. The number of aromatic nitrogens is 2. The van der Waals surface area contributed by atoms with Crippen molar-refractivity contribution in [1.82, 2.24) is 20.6 Å². The third-order valence-corrected chi connectivity index (χ3v) is 5.59. The highest BCUT2D eigenvalue weighted by atomic mass is 16.3. The number of nitrogens with zero attached hydrogens (tertiary/aromatic N) is 1. The van der Waals surface area contributed by atoms with Crippen LogP contribution in [0.1, 0.15) is 28.2 Å². The molecule has 0 bridgehead atoms. The van der Waals surface area contributed by atoms with Gasteiger partial charge < -0.3 is 37.3 Å². The summed E-state index contributed by atoms with van der Waals surface area (Å²) < 4.78 is 0. The minimum atomic E-state index is -0.838. The largest absolute Gasteiger partial charge is 0.508 e. The summed E-state index contributed by atoms with van der Waals surface area (Å²) in [5.74, 6) is -0.593. The first kappa shape index (κ1) is 26.4. The van der Waals surface area contributed by atoms with Gasteiger partial charge in [-0.2, -0.15) is 0 Å². The first-order valence-electron chi connectivity index (χ1n) is 11.3. The van der Waals surface area contributed by atoms with Gasteiger partial charge >= 0.3 is 0 Å². The van der Waals surface area contributed by atoms with Gasteiger partial charge in [0, 0.05) is 0 Å². The number of aryl methyl sites for hydroxylation is 1. The number of nitrogens with two attached hydrogens (primary N) is 2. The fourth-order valence-electron chi connectivity index (χ4n) is 3.48. The average molecular weight is 495 g/mol. The molecule has 11 heteroatoms. The predicted octanol–water partition coefficient (Wildman–Crippen LogP) is -0.138. The molecule has 0 fully saturated rings. The molecule has 36 heavy (non-hydrogen) atoms. The number of rotatable bonds is 10. The standard InChI is InChI=1S/C25H30N6O5/c1-14-21(12-28-23(34)19(26)10-15-2-6-17(32)7-3-15)31-25(36)22(30-14)13-29-24(35)20(27)11-16-4-8-18(33)9-5-16/h2-9,19-20,32-33H,10-13,26-27H2,1H3,(H,28,34)(H,29,35)(H,31,36). The van der Waals surface area contributed by atoms with Crippen LogP contribution in [0.2, 0.25) is 0 Å². The highest BCUT2D eigenvalue weighted by Crippen LogP contribution is 2.12. The predicted molar refractivity (Wildman–Crippen MR) is 133 cm³/mol. The lowest BCUT2D eigenvalue weighted by Crippen LogP contribution is -2.43. The molecule has 190 valence electrons. The minimum absolute atomic E-state index is 0.0281. The van der Waals surface area contributed by atoms with E-state index in [1.807, 2.05) is 0 Å². The van der Waals surface area contributed by atoms with Crippen LogP contribution in [-0.4, -0.2) is 44.1 Å². The molecule has 1 aromatic heterocycles. The van der Waals surface area contributed by atoms with Crippen molar-refractivity contribution < 1.29 is 19.8 Å². The summed E-state index contributed by atoms with van der Waals surface area (Å²) in [5.41, 5.74) is 14.0. The smallest absolute Gasteiger partial charge is 0.271 e. The van der Waals surface area contributed by atoms with Gasteiger partial charge in [0.25, 0.3) is 5.56 Å². The highest BCUT2D eigenvalue weighted by molar-refractivity contribution is 5.82. The topological polar surface area (TPSA) is 196 Å². The van der Waals surface area contributed by atoms with Crippen molar-refractivity contribution in [2.75, 3.05) is 0 Å². The van der Waals surface area contributed by atoms with Crippen LogP contribution < -0.4 is 27.7 Å². The van der Waals surface area contributed by atoms with E-state index in [1.54, 1.807) is 31.2 Å². The number of benzene rings is 2. The van der Waals surface area contributed by atoms with E-state index in [9.17, 15) is 24.6 Å². The number of amides is 2. The Bertz CT molecular complexity index is 1260. The van der Waals surface area contributed by atoms with Crippen molar-refractivity contribution >= 4 is 11.8 Å². The number of carbonyl (C=O) groups excluding carboxylic acids is 2. The van der Waals surface area contributed by atoms with Crippen LogP contribution in [-0.2, 0) is 35.5 Å². The second kappa shape index (κ2) is 12.0. The van der Waals surface area contributed by atoms with Crippen LogP contribution in [0.15, 0.2) is 53.3 Å². The highest BCUT2D eigenvalue weighted by Gasteiger charge is 2.17. The number of hydrogen-bond donors (Lipinski definition) is 7. The number of aromatic amines is 1. The van der Waals surface area contributed by atoms with Crippen molar-refractivity contribution in [2.24, 2.45) is 11.5 Å². The maximum atomic E-state index is 12.5. The lowest BCUT2D eigenvalue weighted by Gasteiger charge is -2.14. The minimum Gasteiger partial charge on any atom is -0.508 e. The van der Waals surface area contributed by atoms with E-state index in [1.165, 1.54) is 24.3 Å². The lowest BCUT2D eigenvalue weighted by molar-refractivity contribution is -0.123. The Kier molecular flexibility index (Phi) is 8.76. The molecule has 0 aliphatic rings. The van der Waals surface area contributed by atoms with Crippen molar-refractivity contribution in [3.05, 3.63) is 87.1 Å². The molecule has 2 amide bonds. The zero-order chi connectivity index (χ0) is 26.2. The molecule has 0 saturated heterocycles. The van der Waals surface area contributed by atoms with Gasteiger partial charge in [-0.25, -0.2) is 4.98 Å². The van der Waals surface area contributed by atoms with E-state index >= 15 is 0 Å². The van der Waals surface area contributed by atoms with Crippen molar-refractivity contribution in [3.8, 4) is 11.5 Å². The number of aromatic hydroxyl groups is 2. The first-order chi connectivity index (χ1) is 17.1. The Labute approximate surface area is 207 Å². The van der Waals surface area contributed by atoms with Gasteiger partial charge in [-0.15, -0.1) is 0 Å². The van der Waals surface area contributed by atoms with Crippen LogP contribution in [0, 0.1) is 6.92 Å². The monoisotopic (exact) mass is 494 g/mol. The van der Waals surface area contributed by atoms with Gasteiger partial charge in [-0.1, -0.05) is 24.3 Å². The summed E-state index contributed by atoms with van der Waals surface area (Å²) in [6.45, 7) is 1.60. The number of phenols is 2. The fraction of sp³-hybridized carbons (Fsp3) is 0.280. The van der Waals surface area contributed by atoms with E-state index in [-0.39, 0.29) is 43.1 Å². The Morgan fingerprint density at radius 2 is 1.31 bits per heavy atom. The third kappa shape index (κ3) is 7.39. The molecule has 11 nitrogen and oxygen atoms in total. The van der Waals surface area contributed by atoms with Crippen LogP contribution in [0.5, 0.6) is 11.5 Å². The molecule has 0 spiro atoms. The van der Waals surface area contributed by atoms with Gasteiger partial charge in [0.2, 0.25) is 11.8 Å². The summed E-state index contributed by atoms with van der Waals surface area (Å²) >= 11 is 0. The maximum absolute atomic E-state index is 12.5. The fourth-order valence-corrected chi connectivity index (χ4v) is 3.48. The zero-order valence-corrected chi connectivity index (χ0v) is 19.8. The van der Waals surface area contributed by atoms with Gasteiger partial charge in [0.05, 0.1) is 36.6 Å². The van der Waals surface area contributed by atoms with E-state index < -0.39 is 29.5 Å². The van der Waals surface area contributed by atoms with Gasteiger partial charge in [0.1, 0.15) is 17.2 Å². The molecule has 2 aromatic carbocycles. The second-order valence-corrected chi connectivity index (χ2v) is 8.47. The van der Waals surface area contributed by atoms with E-state index in [0.29, 0.717) is 11.4 Å². The van der Waals surface area contributed by atoms with Gasteiger partial charge in [0.15, 0.2) is 0 Å². The molecule has 2 atom stereocenters. The summed E-state index contributed by atoms with van der Waals surface area (Å²) in [5, 5.41) is 24.0. The molecular weight excluding hydrogens is 464 g/mol. The van der Waals surface area contributed by atoms with Crippen LogP contribution in [0.25, 0.3) is 0 Å². The Hall–Kier alpha value is -4.22. The number of hydrogen-bond acceptors (Lipinski definition) is 8. The Balaban J connectivity index is 1.52. The average Bonchev–Trinajstić information content (AvgIpc) is 2.85. The quantitative estimate of drug-likeness (QED) is 0.202. The molecule has 0 radical (unpaired) electrons. The van der Waals surface area contributed by atoms with Crippen molar-refractivity contribution in [2.45, 2.75) is 44.9 Å². The van der Waals surface area contributed by atoms with Crippen molar-refractivity contribution in [3.63, 3.8) is 0 Å². The third-order valence-electron chi connectivity index (χ3n) is 5.59. The summed E-state index contributed by atoms with van der Waals surface area (Å²) in [6, 6.07) is 11.1. The number of phenolic OH excluding ortho intramolecular Hbond substituents is 2. The maximum Gasteiger partial charge on any atom is 0.271 e.